The Balaban J connectivity index is 1.25. The van der Waals surface area contributed by atoms with E-state index >= 15 is 0 Å². The van der Waals surface area contributed by atoms with E-state index in [4.69, 9.17) is 9.15 Å². The van der Waals surface area contributed by atoms with E-state index in [2.05, 4.69) is 0 Å². The number of nitrogens with zero attached hydrogens (tertiary/aromatic N) is 3. The van der Waals surface area contributed by atoms with Crippen LogP contribution in [0.2, 0.25) is 0 Å². The van der Waals surface area contributed by atoms with Gasteiger partial charge in [0.1, 0.15) is 11.4 Å². The average molecular weight is 618 g/mol. The van der Waals surface area contributed by atoms with Crippen molar-refractivity contribution in [3.05, 3.63) is 89.6 Å². The minimum atomic E-state index is -4.46. The molecule has 2 atom stereocenters. The van der Waals surface area contributed by atoms with Gasteiger partial charge in [-0.15, -0.1) is 0 Å². The van der Waals surface area contributed by atoms with Gasteiger partial charge in [-0.2, -0.15) is 4.31 Å². The smallest absolute Gasteiger partial charge is 0.410 e. The number of benzene rings is 2. The average Bonchev–Trinajstić information content (AvgIpc) is 3.57. The SMILES string of the molecule is O=C(OC1([C@H]2CCC[C@@H](c3cccc(F)c3)N2S(=O)(=O)c2ccc(F)c(F)c2)CC1)N1CCN(C(=O)c2ccco2)CC1. The molecule has 2 aliphatic heterocycles. The third-order valence-corrected chi connectivity index (χ3v) is 10.4. The molecule has 0 bridgehead atoms. The zero-order valence-electron chi connectivity index (χ0n) is 23.1. The molecule has 1 saturated carbocycles. The third kappa shape index (κ3) is 5.63. The highest BCUT2D eigenvalue weighted by Gasteiger charge is 2.60. The van der Waals surface area contributed by atoms with E-state index in [1.165, 1.54) is 33.7 Å². The van der Waals surface area contributed by atoms with Crippen LogP contribution in [0.5, 0.6) is 0 Å². The number of furan rings is 1. The largest absolute Gasteiger partial charge is 0.459 e. The standard InChI is InChI=1S/C30H30F3N3O6S/c31-21-5-1-4-20(18-21)25-6-2-8-27(36(25)43(39,40)22-9-10-23(32)24(33)19-22)30(11-12-30)42-29(38)35-15-13-34(14-16-35)28(37)26-7-3-17-41-26/h1,3-5,7,9-10,17-19,25,27H,2,6,8,11-16H2/t25-,27+/m0/s1. The third-order valence-electron chi connectivity index (χ3n) is 8.47. The van der Waals surface area contributed by atoms with E-state index in [0.717, 1.165) is 12.1 Å². The minimum absolute atomic E-state index is 0.209. The Morgan fingerprint density at radius 2 is 1.63 bits per heavy atom. The predicted molar refractivity (Wildman–Crippen MR) is 147 cm³/mol. The van der Waals surface area contributed by atoms with Gasteiger partial charge in [-0.3, -0.25) is 4.79 Å². The number of carbonyl (C=O) groups is 2. The summed E-state index contributed by atoms with van der Waals surface area (Å²) in [6.07, 6.45) is 2.88. The molecule has 0 spiro atoms. The van der Waals surface area contributed by atoms with Crippen LogP contribution in [0.4, 0.5) is 18.0 Å². The summed E-state index contributed by atoms with van der Waals surface area (Å²) < 4.78 is 83.0. The van der Waals surface area contributed by atoms with Crippen molar-refractivity contribution in [1.29, 1.82) is 0 Å². The lowest BCUT2D eigenvalue weighted by Crippen LogP contribution is -2.56. The molecule has 2 aromatic carbocycles. The molecule has 3 heterocycles. The van der Waals surface area contributed by atoms with Gasteiger partial charge in [-0.25, -0.2) is 26.4 Å². The molecule has 13 heteroatoms. The molecule has 0 unspecified atom stereocenters. The molecular weight excluding hydrogens is 587 g/mol. The van der Waals surface area contributed by atoms with Crippen LogP contribution in [0.1, 0.15) is 54.3 Å². The van der Waals surface area contributed by atoms with Crippen LogP contribution in [0, 0.1) is 17.5 Å². The van der Waals surface area contributed by atoms with Crippen LogP contribution in [0.25, 0.3) is 0 Å². The van der Waals surface area contributed by atoms with Gasteiger partial charge < -0.3 is 19.0 Å². The number of piperazine rings is 1. The highest BCUT2D eigenvalue weighted by Crippen LogP contribution is 2.52. The maximum absolute atomic E-state index is 14.3. The van der Waals surface area contributed by atoms with E-state index in [0.29, 0.717) is 43.7 Å². The van der Waals surface area contributed by atoms with Gasteiger partial charge in [0, 0.05) is 26.2 Å². The molecule has 0 radical (unpaired) electrons. The molecule has 0 N–H and O–H groups in total. The normalized spacial score (nSPS) is 22.3. The summed E-state index contributed by atoms with van der Waals surface area (Å²) in [5.41, 5.74) is -0.731. The number of piperidine rings is 1. The molecule has 2 saturated heterocycles. The number of ether oxygens (including phenoxy) is 1. The van der Waals surface area contributed by atoms with Gasteiger partial charge in [0.2, 0.25) is 10.0 Å². The van der Waals surface area contributed by atoms with Crippen molar-refractivity contribution in [3.8, 4) is 0 Å². The van der Waals surface area contributed by atoms with Gasteiger partial charge in [0.25, 0.3) is 5.91 Å². The number of sulfonamides is 1. The highest BCUT2D eigenvalue weighted by molar-refractivity contribution is 7.89. The molecule has 228 valence electrons. The number of amides is 2. The van der Waals surface area contributed by atoms with Crippen LogP contribution in [-0.4, -0.2) is 72.3 Å². The lowest BCUT2D eigenvalue weighted by Gasteiger charge is -2.45. The Kier molecular flexibility index (Phi) is 7.71. The molecule has 9 nitrogen and oxygen atoms in total. The van der Waals surface area contributed by atoms with Crippen molar-refractivity contribution in [1.82, 2.24) is 14.1 Å². The number of halogens is 3. The monoisotopic (exact) mass is 617 g/mol. The summed E-state index contributed by atoms with van der Waals surface area (Å²) in [5, 5.41) is 0. The summed E-state index contributed by atoms with van der Waals surface area (Å²) in [5.74, 6) is -3.11. The summed E-state index contributed by atoms with van der Waals surface area (Å²) in [7, 11) is -4.46. The van der Waals surface area contributed by atoms with E-state index in [9.17, 15) is 31.2 Å². The summed E-state index contributed by atoms with van der Waals surface area (Å²) in [6, 6.07) is 9.56. The first-order valence-electron chi connectivity index (χ1n) is 14.1. The van der Waals surface area contributed by atoms with E-state index in [1.54, 1.807) is 23.1 Å². The zero-order valence-corrected chi connectivity index (χ0v) is 23.9. The van der Waals surface area contributed by atoms with Gasteiger partial charge in [-0.05, 0) is 80.1 Å². The van der Waals surface area contributed by atoms with Crippen LogP contribution in [0.3, 0.4) is 0 Å². The maximum Gasteiger partial charge on any atom is 0.410 e. The first-order valence-corrected chi connectivity index (χ1v) is 15.6. The van der Waals surface area contributed by atoms with Crippen molar-refractivity contribution < 1.29 is 40.3 Å². The van der Waals surface area contributed by atoms with Gasteiger partial charge in [0.05, 0.1) is 23.2 Å². The second kappa shape index (κ2) is 11.3. The summed E-state index contributed by atoms with van der Waals surface area (Å²) in [4.78, 5) is 28.6. The Labute approximate surface area is 246 Å². The fourth-order valence-electron chi connectivity index (χ4n) is 6.11. The topological polar surface area (TPSA) is 100 Å². The molecule has 1 aliphatic carbocycles. The van der Waals surface area contributed by atoms with Crippen molar-refractivity contribution in [2.24, 2.45) is 0 Å². The van der Waals surface area contributed by atoms with Crippen molar-refractivity contribution in [3.63, 3.8) is 0 Å². The highest BCUT2D eigenvalue weighted by atomic mass is 32.2. The van der Waals surface area contributed by atoms with Crippen LogP contribution in [0.15, 0.2) is 70.2 Å². The van der Waals surface area contributed by atoms with Gasteiger partial charge >= 0.3 is 6.09 Å². The molecule has 6 rings (SSSR count). The zero-order chi connectivity index (χ0) is 30.4. The number of rotatable bonds is 6. The number of hydrogen-bond donors (Lipinski definition) is 0. The van der Waals surface area contributed by atoms with Crippen molar-refractivity contribution >= 4 is 22.0 Å². The predicted octanol–water partition coefficient (Wildman–Crippen LogP) is 5.11. The van der Waals surface area contributed by atoms with Crippen LogP contribution >= 0.6 is 0 Å². The molecule has 43 heavy (non-hydrogen) atoms. The molecule has 3 aliphatic rings. The summed E-state index contributed by atoms with van der Waals surface area (Å²) in [6.45, 7) is 0.969. The lowest BCUT2D eigenvalue weighted by molar-refractivity contribution is -0.0136. The second-order valence-electron chi connectivity index (χ2n) is 11.1. The Morgan fingerprint density at radius 1 is 0.884 bits per heavy atom. The number of carbonyl (C=O) groups excluding carboxylic acids is 2. The van der Waals surface area contributed by atoms with Crippen molar-refractivity contribution in [2.75, 3.05) is 26.2 Å². The molecule has 3 aromatic rings. The van der Waals surface area contributed by atoms with E-state index in [-0.39, 0.29) is 37.8 Å². The first-order chi connectivity index (χ1) is 20.6. The fraction of sp³-hybridized carbons (Fsp3) is 0.400. The fourth-order valence-corrected chi connectivity index (χ4v) is 8.04. The number of hydrogen-bond acceptors (Lipinski definition) is 6. The quantitative estimate of drug-likeness (QED) is 0.381. The maximum atomic E-state index is 14.3. The van der Waals surface area contributed by atoms with Crippen LogP contribution in [-0.2, 0) is 14.8 Å². The Morgan fingerprint density at radius 3 is 2.28 bits per heavy atom. The Hall–Kier alpha value is -3.84. The molecule has 1 aromatic heterocycles. The molecule has 2 amide bonds. The lowest BCUT2D eigenvalue weighted by atomic mass is 9.90. The van der Waals surface area contributed by atoms with E-state index in [1.807, 2.05) is 0 Å². The second-order valence-corrected chi connectivity index (χ2v) is 13.0. The molecular formula is C30H30F3N3O6S. The first kappa shape index (κ1) is 29.2. The van der Waals surface area contributed by atoms with Crippen molar-refractivity contribution in [2.45, 2.75) is 54.7 Å². The van der Waals surface area contributed by atoms with Crippen LogP contribution < -0.4 is 0 Å². The Bertz CT molecular complexity index is 1620. The van der Waals surface area contributed by atoms with Gasteiger partial charge in [-0.1, -0.05) is 12.1 Å². The summed E-state index contributed by atoms with van der Waals surface area (Å²) >= 11 is 0. The minimum Gasteiger partial charge on any atom is -0.459 e. The van der Waals surface area contributed by atoms with E-state index < -0.39 is 56.1 Å². The molecule has 3 fully saturated rings. The van der Waals surface area contributed by atoms with Gasteiger partial charge in [0.15, 0.2) is 17.4 Å².